The van der Waals surface area contributed by atoms with Gasteiger partial charge in [-0.1, -0.05) is 25.3 Å². The average molecular weight is 321 g/mol. The molecule has 1 N–H and O–H groups in total. The average Bonchev–Trinajstić information content (AvgIpc) is 2.20. The van der Waals surface area contributed by atoms with Gasteiger partial charge in [0.25, 0.3) is 0 Å². The summed E-state index contributed by atoms with van der Waals surface area (Å²) in [7, 11) is 0. The molecule has 0 bridgehead atoms. The summed E-state index contributed by atoms with van der Waals surface area (Å²) >= 11 is 1.65. The summed E-state index contributed by atoms with van der Waals surface area (Å²) in [5.74, 6) is -4.15. The summed E-state index contributed by atoms with van der Waals surface area (Å²) in [4.78, 5) is -4.20. The van der Waals surface area contributed by atoms with Crippen LogP contribution >= 0.6 is 15.9 Å². The van der Waals surface area contributed by atoms with Crippen molar-refractivity contribution in [3.63, 3.8) is 0 Å². The first kappa shape index (κ1) is 16.9. The van der Waals surface area contributed by atoms with Crippen molar-refractivity contribution >= 4 is 15.9 Å². The molecule has 0 aliphatic carbocycles. The molecule has 0 saturated carbocycles. The minimum Gasteiger partial charge on any atom is -0.396 e. The maximum absolute atomic E-state index is 12.7. The molecule has 0 spiro atoms. The van der Waals surface area contributed by atoms with E-state index in [1.165, 1.54) is 0 Å². The standard InChI is InChI=1S/C11H17BrF4O/c12-11(15,16)10(13,14)8-6-4-2-1-3-5-7-9-17/h6,8,17H,1-5,7,9H2. The maximum Gasteiger partial charge on any atom is 0.367 e. The number of aliphatic hydroxyl groups is 1. The quantitative estimate of drug-likeness (QED) is 0.287. The van der Waals surface area contributed by atoms with Gasteiger partial charge in [-0.05, 0) is 41.3 Å². The summed E-state index contributed by atoms with van der Waals surface area (Å²) < 4.78 is 50.0. The Hall–Kier alpha value is -0.100. The van der Waals surface area contributed by atoms with Crippen molar-refractivity contribution in [1.82, 2.24) is 0 Å². The first-order valence-corrected chi connectivity index (χ1v) is 6.33. The molecule has 0 aliphatic rings. The Morgan fingerprint density at radius 1 is 0.941 bits per heavy atom. The number of halogens is 5. The molecule has 0 amide bonds. The van der Waals surface area contributed by atoms with Crippen LogP contribution in [0.4, 0.5) is 17.6 Å². The second-order valence-corrected chi connectivity index (χ2v) is 4.80. The van der Waals surface area contributed by atoms with Crippen molar-refractivity contribution in [1.29, 1.82) is 0 Å². The van der Waals surface area contributed by atoms with E-state index >= 15 is 0 Å². The number of unbranched alkanes of at least 4 members (excludes halogenated alkanes) is 5. The molecule has 1 nitrogen and oxygen atoms in total. The summed E-state index contributed by atoms with van der Waals surface area (Å²) in [6, 6.07) is 0. The normalized spacial score (nSPS) is 13.5. The second kappa shape index (κ2) is 8.08. The van der Waals surface area contributed by atoms with Crippen LogP contribution in [0.3, 0.4) is 0 Å². The zero-order chi connectivity index (χ0) is 13.4. The Bertz CT molecular complexity index is 226. The smallest absolute Gasteiger partial charge is 0.367 e. The van der Waals surface area contributed by atoms with E-state index in [0.717, 1.165) is 31.8 Å². The monoisotopic (exact) mass is 320 g/mol. The van der Waals surface area contributed by atoms with Crippen molar-refractivity contribution in [2.75, 3.05) is 6.61 Å². The van der Waals surface area contributed by atoms with Crippen molar-refractivity contribution in [3.8, 4) is 0 Å². The molecule has 0 radical (unpaired) electrons. The highest BCUT2D eigenvalue weighted by Gasteiger charge is 2.51. The van der Waals surface area contributed by atoms with E-state index in [1.54, 1.807) is 15.9 Å². The highest BCUT2D eigenvalue weighted by Crippen LogP contribution is 2.40. The summed E-state index contributed by atoms with van der Waals surface area (Å²) in [5.41, 5.74) is 0. The van der Waals surface area contributed by atoms with E-state index < -0.39 is 10.8 Å². The second-order valence-electron chi connectivity index (χ2n) is 3.80. The summed E-state index contributed by atoms with van der Waals surface area (Å²) in [6.45, 7) is 0.159. The van der Waals surface area contributed by atoms with Crippen LogP contribution < -0.4 is 0 Å². The first-order chi connectivity index (χ1) is 7.81. The molecular formula is C11H17BrF4O. The Labute approximate surface area is 107 Å². The van der Waals surface area contributed by atoms with Crippen LogP contribution in [0.15, 0.2) is 12.2 Å². The number of allylic oxidation sites excluding steroid dienone is 2. The van der Waals surface area contributed by atoms with Crippen LogP contribution in [0.5, 0.6) is 0 Å². The van der Waals surface area contributed by atoms with Crippen molar-refractivity contribution in [2.45, 2.75) is 49.3 Å². The lowest BCUT2D eigenvalue weighted by Crippen LogP contribution is -2.32. The topological polar surface area (TPSA) is 20.2 Å². The molecule has 0 aromatic heterocycles. The number of rotatable bonds is 9. The lowest BCUT2D eigenvalue weighted by molar-refractivity contribution is -0.111. The van der Waals surface area contributed by atoms with E-state index in [4.69, 9.17) is 5.11 Å². The Morgan fingerprint density at radius 3 is 2.00 bits per heavy atom. The third-order valence-electron chi connectivity index (χ3n) is 2.23. The van der Waals surface area contributed by atoms with Gasteiger partial charge < -0.3 is 5.11 Å². The predicted octanol–water partition coefficient (Wildman–Crippen LogP) is 4.50. The number of aliphatic hydroxyl groups excluding tert-OH is 1. The fourth-order valence-electron chi connectivity index (χ4n) is 1.23. The largest absolute Gasteiger partial charge is 0.396 e. The van der Waals surface area contributed by atoms with Crippen molar-refractivity contribution < 1.29 is 22.7 Å². The minimum atomic E-state index is -4.20. The highest BCUT2D eigenvalue weighted by molar-refractivity contribution is 9.10. The fraction of sp³-hybridized carbons (Fsp3) is 0.818. The SMILES string of the molecule is OCCCCCCCC=CC(F)(F)C(F)(F)Br. The third-order valence-corrected chi connectivity index (χ3v) is 2.76. The molecule has 0 heterocycles. The molecule has 0 atom stereocenters. The van der Waals surface area contributed by atoms with Crippen LogP contribution in [-0.2, 0) is 0 Å². The first-order valence-electron chi connectivity index (χ1n) is 5.54. The zero-order valence-electron chi connectivity index (χ0n) is 9.44. The van der Waals surface area contributed by atoms with Gasteiger partial charge in [-0.25, -0.2) is 0 Å². The van der Waals surface area contributed by atoms with Gasteiger partial charge in [0.15, 0.2) is 0 Å². The van der Waals surface area contributed by atoms with Crippen molar-refractivity contribution in [2.24, 2.45) is 0 Å². The summed E-state index contributed by atoms with van der Waals surface area (Å²) in [5, 5.41) is 8.50. The number of hydrogen-bond acceptors (Lipinski definition) is 1. The molecule has 6 heteroatoms. The number of alkyl halides is 5. The van der Waals surface area contributed by atoms with Gasteiger partial charge in [0, 0.05) is 6.61 Å². The van der Waals surface area contributed by atoms with Gasteiger partial charge in [0.1, 0.15) is 0 Å². The molecule has 102 valence electrons. The van der Waals surface area contributed by atoms with Crippen LogP contribution in [0.25, 0.3) is 0 Å². The summed E-state index contributed by atoms with van der Waals surface area (Å²) in [6.07, 6.45) is 5.78. The Balaban J connectivity index is 3.67. The zero-order valence-corrected chi connectivity index (χ0v) is 11.0. The Kier molecular flexibility index (Phi) is 8.03. The fourth-order valence-corrected chi connectivity index (χ4v) is 1.36. The molecular weight excluding hydrogens is 304 g/mol. The molecule has 0 fully saturated rings. The molecule has 0 rings (SSSR count). The van der Waals surface area contributed by atoms with Gasteiger partial charge in [-0.15, -0.1) is 0 Å². The van der Waals surface area contributed by atoms with Crippen LogP contribution in [-0.4, -0.2) is 22.5 Å². The predicted molar refractivity (Wildman–Crippen MR) is 62.7 cm³/mol. The van der Waals surface area contributed by atoms with Gasteiger partial charge in [-0.3, -0.25) is 0 Å². The van der Waals surface area contributed by atoms with Gasteiger partial charge in [-0.2, -0.15) is 17.6 Å². The van der Waals surface area contributed by atoms with E-state index in [-0.39, 0.29) is 12.7 Å². The van der Waals surface area contributed by atoms with Crippen molar-refractivity contribution in [3.05, 3.63) is 12.2 Å². The van der Waals surface area contributed by atoms with E-state index in [1.807, 2.05) is 0 Å². The van der Waals surface area contributed by atoms with Gasteiger partial charge in [0.05, 0.1) is 0 Å². The van der Waals surface area contributed by atoms with E-state index in [9.17, 15) is 17.6 Å². The van der Waals surface area contributed by atoms with E-state index in [0.29, 0.717) is 12.8 Å². The highest BCUT2D eigenvalue weighted by atomic mass is 79.9. The third kappa shape index (κ3) is 7.76. The van der Waals surface area contributed by atoms with Crippen LogP contribution in [0.1, 0.15) is 38.5 Å². The van der Waals surface area contributed by atoms with E-state index in [2.05, 4.69) is 0 Å². The maximum atomic E-state index is 12.7. The Morgan fingerprint density at radius 2 is 1.47 bits per heavy atom. The van der Waals surface area contributed by atoms with Gasteiger partial charge >= 0.3 is 10.8 Å². The van der Waals surface area contributed by atoms with Crippen LogP contribution in [0.2, 0.25) is 0 Å². The lowest BCUT2D eigenvalue weighted by atomic mass is 10.1. The molecule has 17 heavy (non-hydrogen) atoms. The number of hydrogen-bond donors (Lipinski definition) is 1. The van der Waals surface area contributed by atoms with Gasteiger partial charge in [0.2, 0.25) is 0 Å². The lowest BCUT2D eigenvalue weighted by Gasteiger charge is -2.17. The van der Waals surface area contributed by atoms with Crippen LogP contribution in [0, 0.1) is 0 Å². The molecule has 0 saturated heterocycles. The molecule has 0 aromatic rings. The molecule has 0 aromatic carbocycles. The minimum absolute atomic E-state index is 0.159. The molecule has 0 unspecified atom stereocenters. The molecule has 0 aliphatic heterocycles.